The van der Waals surface area contributed by atoms with Crippen molar-refractivity contribution in [2.24, 2.45) is 5.16 Å². The molecule has 0 heterocycles. The topological polar surface area (TPSA) is 51.0 Å². The number of nitrogens with zero attached hydrogens (tertiary/aromatic N) is 1. The van der Waals surface area contributed by atoms with Gasteiger partial charge >= 0.3 is 0 Å². The van der Waals surface area contributed by atoms with Gasteiger partial charge in [0.15, 0.2) is 0 Å². The van der Waals surface area contributed by atoms with Crippen LogP contribution < -0.4 is 9.47 Å². The van der Waals surface area contributed by atoms with Gasteiger partial charge in [0.05, 0.1) is 14.2 Å². The number of hydrogen-bond acceptors (Lipinski definition) is 4. The second-order valence-corrected chi connectivity index (χ2v) is 5.45. The molecular weight excluding hydrogens is 314 g/mol. The predicted molar refractivity (Wildman–Crippen MR) is 98.8 cm³/mol. The molecule has 0 spiro atoms. The number of ether oxygens (including phenoxy) is 2. The third kappa shape index (κ3) is 3.48. The molecule has 3 aromatic carbocycles. The van der Waals surface area contributed by atoms with Crippen LogP contribution >= 0.6 is 0 Å². The number of hydrogen-bond donors (Lipinski definition) is 1. The molecule has 25 heavy (non-hydrogen) atoms. The maximum Gasteiger partial charge on any atom is 0.118 e. The van der Waals surface area contributed by atoms with Crippen LogP contribution in [0.3, 0.4) is 0 Å². The first-order valence-electron chi connectivity index (χ1n) is 7.87. The van der Waals surface area contributed by atoms with Gasteiger partial charge in [-0.3, -0.25) is 0 Å². The molecule has 0 fully saturated rings. The lowest BCUT2D eigenvalue weighted by atomic mass is 9.93. The van der Waals surface area contributed by atoms with E-state index in [2.05, 4.69) is 5.16 Å². The molecule has 0 radical (unpaired) electrons. The van der Waals surface area contributed by atoms with Gasteiger partial charge in [0, 0.05) is 11.1 Å². The van der Waals surface area contributed by atoms with E-state index in [0.717, 1.165) is 33.8 Å². The summed E-state index contributed by atoms with van der Waals surface area (Å²) in [7, 11) is 3.26. The summed E-state index contributed by atoms with van der Waals surface area (Å²) in [5.74, 6) is 1.55. The van der Waals surface area contributed by atoms with Crippen molar-refractivity contribution in [1.29, 1.82) is 0 Å². The van der Waals surface area contributed by atoms with Crippen LogP contribution in [0.5, 0.6) is 11.5 Å². The van der Waals surface area contributed by atoms with Gasteiger partial charge in [-0.1, -0.05) is 41.6 Å². The van der Waals surface area contributed by atoms with Crippen molar-refractivity contribution in [1.82, 2.24) is 0 Å². The summed E-state index contributed by atoms with van der Waals surface area (Å²) in [6.07, 6.45) is 0. The maximum atomic E-state index is 9.65. The first-order valence-corrected chi connectivity index (χ1v) is 7.87. The summed E-state index contributed by atoms with van der Waals surface area (Å²) in [5, 5.41) is 13.2. The summed E-state index contributed by atoms with van der Waals surface area (Å²) in [5.41, 5.74) is 4.17. The van der Waals surface area contributed by atoms with E-state index in [4.69, 9.17) is 9.47 Å². The summed E-state index contributed by atoms with van der Waals surface area (Å²) in [6.45, 7) is 0. The lowest BCUT2D eigenvalue weighted by Crippen LogP contribution is -2.05. The Morgan fingerprint density at radius 2 is 1.32 bits per heavy atom. The number of rotatable bonds is 5. The molecule has 4 nitrogen and oxygen atoms in total. The Bertz CT molecular complexity index is 868. The highest BCUT2D eigenvalue weighted by Crippen LogP contribution is 2.28. The van der Waals surface area contributed by atoms with E-state index >= 15 is 0 Å². The highest BCUT2D eigenvalue weighted by atomic mass is 16.5. The smallest absolute Gasteiger partial charge is 0.118 e. The quantitative estimate of drug-likeness (QED) is 0.422. The van der Waals surface area contributed by atoms with Crippen molar-refractivity contribution < 1.29 is 14.7 Å². The van der Waals surface area contributed by atoms with E-state index in [1.54, 1.807) is 14.2 Å². The molecule has 126 valence electrons. The third-order valence-corrected chi connectivity index (χ3v) is 4.05. The molecule has 0 aliphatic heterocycles. The van der Waals surface area contributed by atoms with Crippen LogP contribution in [0, 0.1) is 0 Å². The Balaban J connectivity index is 2.05. The molecule has 0 saturated heterocycles. The fourth-order valence-electron chi connectivity index (χ4n) is 2.73. The minimum absolute atomic E-state index is 0.508. The van der Waals surface area contributed by atoms with Crippen LogP contribution in [0.15, 0.2) is 78.0 Å². The van der Waals surface area contributed by atoms with E-state index in [-0.39, 0.29) is 0 Å². The zero-order valence-electron chi connectivity index (χ0n) is 14.1. The summed E-state index contributed by atoms with van der Waals surface area (Å²) in [4.78, 5) is 0. The molecule has 0 aromatic heterocycles. The van der Waals surface area contributed by atoms with Gasteiger partial charge in [0.1, 0.15) is 17.2 Å². The Labute approximate surface area is 147 Å². The number of benzene rings is 3. The summed E-state index contributed by atoms with van der Waals surface area (Å²) < 4.78 is 10.4. The number of oxime groups is 1. The molecule has 0 aliphatic rings. The van der Waals surface area contributed by atoms with Crippen LogP contribution in [0.2, 0.25) is 0 Å². The van der Waals surface area contributed by atoms with E-state index in [1.165, 1.54) is 0 Å². The second-order valence-electron chi connectivity index (χ2n) is 5.45. The Hall–Kier alpha value is -3.27. The predicted octanol–water partition coefficient (Wildman–Crippen LogP) is 4.60. The van der Waals surface area contributed by atoms with E-state index in [9.17, 15) is 5.21 Å². The van der Waals surface area contributed by atoms with E-state index in [1.807, 2.05) is 72.8 Å². The van der Waals surface area contributed by atoms with Crippen LogP contribution in [0.1, 0.15) is 11.1 Å². The molecule has 0 atom stereocenters. The van der Waals surface area contributed by atoms with Gasteiger partial charge in [0.2, 0.25) is 0 Å². The standard InChI is InChI=1S/C21H19NO3/c1-24-17-11-7-15(8-12-17)19-5-3-4-6-20(19)21(22-23)16-9-13-18(25-2)14-10-16/h3-14,23H,1-2H3. The summed E-state index contributed by atoms with van der Waals surface area (Å²) in [6, 6.07) is 23.1. The van der Waals surface area contributed by atoms with E-state index < -0.39 is 0 Å². The van der Waals surface area contributed by atoms with Crippen molar-refractivity contribution >= 4 is 5.71 Å². The SMILES string of the molecule is COc1ccc(C(=NO)c2ccccc2-c2ccc(OC)cc2)cc1. The molecule has 3 aromatic rings. The van der Waals surface area contributed by atoms with Crippen LogP contribution in [0.25, 0.3) is 11.1 Å². The van der Waals surface area contributed by atoms with Crippen molar-refractivity contribution in [3.8, 4) is 22.6 Å². The number of methoxy groups -OCH3 is 2. The van der Waals surface area contributed by atoms with Crippen LogP contribution in [-0.2, 0) is 0 Å². The molecule has 0 unspecified atom stereocenters. The van der Waals surface area contributed by atoms with Crippen molar-refractivity contribution in [2.45, 2.75) is 0 Å². The average molecular weight is 333 g/mol. The molecular formula is C21H19NO3. The van der Waals surface area contributed by atoms with Crippen molar-refractivity contribution in [3.05, 3.63) is 83.9 Å². The Morgan fingerprint density at radius 1 is 0.760 bits per heavy atom. The highest BCUT2D eigenvalue weighted by molar-refractivity contribution is 6.16. The second kappa shape index (κ2) is 7.53. The van der Waals surface area contributed by atoms with Gasteiger partial charge in [-0.05, 0) is 47.5 Å². The molecule has 1 N–H and O–H groups in total. The zero-order chi connectivity index (χ0) is 17.6. The fourth-order valence-corrected chi connectivity index (χ4v) is 2.73. The van der Waals surface area contributed by atoms with Crippen LogP contribution in [0.4, 0.5) is 0 Å². The van der Waals surface area contributed by atoms with E-state index in [0.29, 0.717) is 5.71 Å². The fraction of sp³-hybridized carbons (Fsp3) is 0.0952. The molecule has 4 heteroatoms. The molecule has 3 rings (SSSR count). The van der Waals surface area contributed by atoms with Crippen LogP contribution in [-0.4, -0.2) is 25.1 Å². The van der Waals surface area contributed by atoms with Gasteiger partial charge in [-0.25, -0.2) is 0 Å². The molecule has 0 bridgehead atoms. The van der Waals surface area contributed by atoms with Crippen molar-refractivity contribution in [3.63, 3.8) is 0 Å². The van der Waals surface area contributed by atoms with Gasteiger partial charge in [0.25, 0.3) is 0 Å². The minimum Gasteiger partial charge on any atom is -0.497 e. The largest absolute Gasteiger partial charge is 0.497 e. The third-order valence-electron chi connectivity index (χ3n) is 4.05. The zero-order valence-corrected chi connectivity index (χ0v) is 14.1. The van der Waals surface area contributed by atoms with Crippen molar-refractivity contribution in [2.75, 3.05) is 14.2 Å². The van der Waals surface area contributed by atoms with Gasteiger partial charge < -0.3 is 14.7 Å². The monoisotopic (exact) mass is 333 g/mol. The minimum atomic E-state index is 0.508. The maximum absolute atomic E-state index is 9.65. The highest BCUT2D eigenvalue weighted by Gasteiger charge is 2.13. The molecule has 0 saturated carbocycles. The lowest BCUT2D eigenvalue weighted by Gasteiger charge is -2.12. The lowest BCUT2D eigenvalue weighted by molar-refractivity contribution is 0.319. The normalized spacial score (nSPS) is 11.2. The molecule has 0 aliphatic carbocycles. The van der Waals surface area contributed by atoms with Gasteiger partial charge in [-0.2, -0.15) is 0 Å². The average Bonchev–Trinajstić information content (AvgIpc) is 2.69. The summed E-state index contributed by atoms with van der Waals surface area (Å²) >= 11 is 0. The molecule has 0 amide bonds. The Morgan fingerprint density at radius 3 is 1.88 bits per heavy atom. The Kier molecular flexibility index (Phi) is 5.00. The first-order chi connectivity index (χ1) is 12.3. The first kappa shape index (κ1) is 16.6. The van der Waals surface area contributed by atoms with Gasteiger partial charge in [-0.15, -0.1) is 0 Å².